The second kappa shape index (κ2) is 11.9. The van der Waals surface area contributed by atoms with Crippen molar-refractivity contribution in [3.8, 4) is 0 Å². The highest BCUT2D eigenvalue weighted by molar-refractivity contribution is 6.20. The van der Waals surface area contributed by atoms with Crippen LogP contribution in [0.25, 0.3) is 0 Å². The van der Waals surface area contributed by atoms with E-state index >= 15 is 0 Å². The molecule has 1 amide bonds. The summed E-state index contributed by atoms with van der Waals surface area (Å²) in [5.41, 5.74) is 6.88. The maximum atomic E-state index is 12.7. The number of hydrogen-bond acceptors (Lipinski definition) is 8. The Morgan fingerprint density at radius 1 is 1.25 bits per heavy atom. The van der Waals surface area contributed by atoms with Crippen molar-refractivity contribution in [3.63, 3.8) is 0 Å². The molecule has 4 aliphatic rings. The SMILES string of the molecule is CCNC(=O)C[C@@H]1N=C(C2CCC(Cl)CC2)C2CC(OCC(O)C(C)(C)O)CCC2N2C(C)NNC12. The Labute approximate surface area is 220 Å². The molecule has 5 N–H and O–H groups in total. The van der Waals surface area contributed by atoms with Crippen LogP contribution < -0.4 is 16.2 Å². The molecule has 6 unspecified atom stereocenters. The number of aliphatic imine (C=N–C) groups is 1. The normalized spacial score (nSPS) is 38.5. The molecule has 2 saturated carbocycles. The standard InChI is InChI=1S/C26H46ClN5O4/c1-5-28-23(34)13-20-25-31-30-15(2)32(25)21-11-10-18(36-14-22(33)26(3,4)35)12-19(21)24(29-20)16-6-8-17(27)9-7-16/h15-22,25,30-31,33,35H,5-14H2,1-4H3,(H,28,34)/t15?,16?,17?,18?,19?,20-,21?,22?,25?/m0/s1. The number of nitrogens with zero attached hydrogens (tertiary/aromatic N) is 2. The highest BCUT2D eigenvalue weighted by atomic mass is 35.5. The van der Waals surface area contributed by atoms with Crippen LogP contribution in [0.4, 0.5) is 0 Å². The highest BCUT2D eigenvalue weighted by Gasteiger charge is 2.50. The average molecular weight is 528 g/mol. The molecule has 0 radical (unpaired) electrons. The average Bonchev–Trinajstić information content (AvgIpc) is 3.15. The summed E-state index contributed by atoms with van der Waals surface area (Å²) in [6.45, 7) is 8.03. The molecule has 9 nitrogen and oxygen atoms in total. The van der Waals surface area contributed by atoms with Gasteiger partial charge in [0.2, 0.25) is 5.91 Å². The van der Waals surface area contributed by atoms with Crippen molar-refractivity contribution in [1.82, 2.24) is 21.1 Å². The van der Waals surface area contributed by atoms with Gasteiger partial charge in [-0.3, -0.25) is 14.7 Å². The zero-order chi connectivity index (χ0) is 26.0. The van der Waals surface area contributed by atoms with Gasteiger partial charge in [-0.05, 0) is 78.6 Å². The van der Waals surface area contributed by atoms with Gasteiger partial charge in [0, 0.05) is 29.6 Å². The van der Waals surface area contributed by atoms with Crippen LogP contribution in [0.1, 0.15) is 79.1 Å². The molecule has 1 saturated heterocycles. The van der Waals surface area contributed by atoms with E-state index in [4.69, 9.17) is 21.3 Å². The first-order valence-corrected chi connectivity index (χ1v) is 14.3. The number of hydrazine groups is 1. The molecule has 3 fully saturated rings. The molecule has 2 heterocycles. The van der Waals surface area contributed by atoms with Gasteiger partial charge in [-0.15, -0.1) is 11.6 Å². The summed E-state index contributed by atoms with van der Waals surface area (Å²) in [4.78, 5) is 20.6. The van der Waals surface area contributed by atoms with Gasteiger partial charge in [0.05, 0.1) is 43.1 Å². The fourth-order valence-electron chi connectivity index (χ4n) is 6.49. The van der Waals surface area contributed by atoms with Gasteiger partial charge in [-0.1, -0.05) is 0 Å². The van der Waals surface area contributed by atoms with Gasteiger partial charge in [0.25, 0.3) is 0 Å². The van der Waals surface area contributed by atoms with E-state index in [1.165, 1.54) is 5.71 Å². The van der Waals surface area contributed by atoms with Crippen molar-refractivity contribution < 1.29 is 19.7 Å². The number of carbonyl (C=O) groups is 1. The van der Waals surface area contributed by atoms with E-state index in [-0.39, 0.29) is 48.3 Å². The third kappa shape index (κ3) is 6.42. The minimum absolute atomic E-state index is 0.00460. The lowest BCUT2D eigenvalue weighted by molar-refractivity contribution is -0.121. The quantitative estimate of drug-likeness (QED) is 0.306. The van der Waals surface area contributed by atoms with Crippen LogP contribution in [-0.2, 0) is 9.53 Å². The summed E-state index contributed by atoms with van der Waals surface area (Å²) in [6.07, 6.45) is 6.19. The van der Waals surface area contributed by atoms with Crippen molar-refractivity contribution in [2.45, 2.75) is 127 Å². The van der Waals surface area contributed by atoms with E-state index in [9.17, 15) is 15.0 Å². The fourth-order valence-corrected chi connectivity index (χ4v) is 6.74. The number of aliphatic hydroxyl groups excluding tert-OH is 1. The maximum absolute atomic E-state index is 12.7. The maximum Gasteiger partial charge on any atom is 0.222 e. The Bertz CT molecular complexity index is 785. The monoisotopic (exact) mass is 527 g/mol. The number of alkyl halides is 1. The summed E-state index contributed by atoms with van der Waals surface area (Å²) in [5, 5.41) is 23.6. The molecule has 0 bridgehead atoms. The van der Waals surface area contributed by atoms with Crippen molar-refractivity contribution in [3.05, 3.63) is 0 Å². The lowest BCUT2D eigenvalue weighted by Gasteiger charge is -2.44. The largest absolute Gasteiger partial charge is 0.388 e. The number of nitrogens with one attached hydrogen (secondary N) is 3. The van der Waals surface area contributed by atoms with Gasteiger partial charge < -0.3 is 20.3 Å². The van der Waals surface area contributed by atoms with E-state index in [0.717, 1.165) is 44.9 Å². The summed E-state index contributed by atoms with van der Waals surface area (Å²) in [6, 6.07) is 0.109. The van der Waals surface area contributed by atoms with Gasteiger partial charge in [-0.25, -0.2) is 10.9 Å². The summed E-state index contributed by atoms with van der Waals surface area (Å²) < 4.78 is 6.18. The van der Waals surface area contributed by atoms with Gasteiger partial charge >= 0.3 is 0 Å². The molecule has 7 atom stereocenters. The first kappa shape index (κ1) is 28.2. The predicted octanol–water partition coefficient (Wildman–Crippen LogP) is 1.90. The topological polar surface area (TPSA) is 118 Å². The molecular formula is C26H46ClN5O4. The zero-order valence-corrected chi connectivity index (χ0v) is 23.0. The van der Waals surface area contributed by atoms with Gasteiger partial charge in [0.15, 0.2) is 0 Å². The van der Waals surface area contributed by atoms with Crippen molar-refractivity contribution >= 4 is 23.2 Å². The Balaban J connectivity index is 1.61. The Morgan fingerprint density at radius 2 is 1.97 bits per heavy atom. The van der Waals surface area contributed by atoms with Crippen LogP contribution in [0.3, 0.4) is 0 Å². The van der Waals surface area contributed by atoms with E-state index in [1.54, 1.807) is 13.8 Å². The lowest BCUT2D eigenvalue weighted by Crippen LogP contribution is -2.55. The Hall–Kier alpha value is -0.810. The van der Waals surface area contributed by atoms with E-state index in [1.807, 2.05) is 6.92 Å². The predicted molar refractivity (Wildman–Crippen MR) is 141 cm³/mol. The molecular weight excluding hydrogens is 482 g/mol. The third-order valence-corrected chi connectivity index (χ3v) is 9.00. The van der Waals surface area contributed by atoms with Crippen LogP contribution in [0.15, 0.2) is 4.99 Å². The molecule has 2 aliphatic heterocycles. The first-order chi connectivity index (χ1) is 17.1. The van der Waals surface area contributed by atoms with Crippen LogP contribution in [0, 0.1) is 11.8 Å². The van der Waals surface area contributed by atoms with E-state index < -0.39 is 11.7 Å². The van der Waals surface area contributed by atoms with Crippen molar-refractivity contribution in [2.75, 3.05) is 13.2 Å². The summed E-state index contributed by atoms with van der Waals surface area (Å²) in [5.74, 6) is 0.613. The molecule has 10 heteroatoms. The number of aliphatic hydroxyl groups is 2. The molecule has 0 aromatic rings. The number of carbonyl (C=O) groups excluding carboxylic acids is 1. The zero-order valence-electron chi connectivity index (χ0n) is 22.3. The Morgan fingerprint density at radius 3 is 2.64 bits per heavy atom. The highest BCUT2D eigenvalue weighted by Crippen LogP contribution is 2.42. The smallest absolute Gasteiger partial charge is 0.222 e. The van der Waals surface area contributed by atoms with Crippen molar-refractivity contribution in [1.29, 1.82) is 0 Å². The molecule has 0 aromatic heterocycles. The van der Waals surface area contributed by atoms with E-state index in [0.29, 0.717) is 24.9 Å². The molecule has 4 rings (SSSR count). The van der Waals surface area contributed by atoms with Crippen LogP contribution >= 0.6 is 11.6 Å². The second-order valence-electron chi connectivity index (χ2n) is 11.7. The number of fused-ring (bicyclic) bond motifs is 3. The van der Waals surface area contributed by atoms with Gasteiger partial charge in [0.1, 0.15) is 6.10 Å². The number of hydrogen-bond donors (Lipinski definition) is 5. The number of ether oxygens (including phenoxy) is 1. The van der Waals surface area contributed by atoms with E-state index in [2.05, 4.69) is 28.0 Å². The van der Waals surface area contributed by atoms with Crippen LogP contribution in [0.2, 0.25) is 0 Å². The Kier molecular flexibility index (Phi) is 9.35. The number of rotatable bonds is 8. The molecule has 0 aromatic carbocycles. The minimum atomic E-state index is -1.20. The first-order valence-electron chi connectivity index (χ1n) is 13.9. The van der Waals surface area contributed by atoms with Crippen LogP contribution in [0.5, 0.6) is 0 Å². The van der Waals surface area contributed by atoms with Crippen molar-refractivity contribution in [2.24, 2.45) is 16.8 Å². The van der Waals surface area contributed by atoms with Crippen LogP contribution in [-0.4, -0.2) is 87.5 Å². The molecule has 206 valence electrons. The molecule has 0 spiro atoms. The fraction of sp³-hybridized carbons (Fsp3) is 0.923. The second-order valence-corrected chi connectivity index (χ2v) is 12.3. The number of halogens is 1. The van der Waals surface area contributed by atoms with Gasteiger partial charge in [-0.2, -0.15) is 0 Å². The number of amides is 1. The third-order valence-electron chi connectivity index (χ3n) is 8.57. The lowest BCUT2D eigenvalue weighted by atomic mass is 9.72. The summed E-state index contributed by atoms with van der Waals surface area (Å²) in [7, 11) is 0. The molecule has 36 heavy (non-hydrogen) atoms. The molecule has 2 aliphatic carbocycles. The summed E-state index contributed by atoms with van der Waals surface area (Å²) >= 11 is 6.47. The minimum Gasteiger partial charge on any atom is -0.388 e.